The number of amides is 1. The lowest BCUT2D eigenvalue weighted by atomic mass is 10.1. The number of benzene rings is 2. The summed E-state index contributed by atoms with van der Waals surface area (Å²) in [6.07, 6.45) is 0. The number of carbonyl (C=O) groups excluding carboxylic acids is 1. The Morgan fingerprint density at radius 2 is 1.81 bits per heavy atom. The van der Waals surface area contributed by atoms with Crippen molar-refractivity contribution in [2.45, 2.75) is 13.8 Å². The summed E-state index contributed by atoms with van der Waals surface area (Å²) >= 11 is 18.9. The van der Waals surface area contributed by atoms with Crippen LogP contribution in [0.1, 0.15) is 21.5 Å². The molecule has 0 bridgehead atoms. The van der Waals surface area contributed by atoms with E-state index in [1.54, 1.807) is 0 Å². The number of thiazole rings is 1. The first-order valence-corrected chi connectivity index (χ1v) is 9.80. The fraction of sp³-hybridized carbons (Fsp3) is 0.167. The fourth-order valence-corrected chi connectivity index (χ4v) is 4.41. The number of aryl methyl sites for hydroxylation is 2. The summed E-state index contributed by atoms with van der Waals surface area (Å²) in [5.74, 6) is -0.122. The van der Waals surface area contributed by atoms with Gasteiger partial charge < -0.3 is 10.1 Å². The van der Waals surface area contributed by atoms with Crippen LogP contribution >= 0.6 is 46.8 Å². The van der Waals surface area contributed by atoms with Crippen LogP contribution in [-0.4, -0.2) is 23.1 Å². The summed E-state index contributed by atoms with van der Waals surface area (Å²) in [6.45, 7) is 4.03. The second-order valence-corrected chi connectivity index (χ2v) is 8.00. The maximum absolute atomic E-state index is 12.4. The van der Waals surface area contributed by atoms with Crippen LogP contribution in [-0.2, 0) is 0 Å². The van der Waals surface area contributed by atoms with Crippen LogP contribution in [0.15, 0.2) is 24.3 Å². The van der Waals surface area contributed by atoms with Crippen LogP contribution in [0.3, 0.4) is 0 Å². The van der Waals surface area contributed by atoms with Gasteiger partial charge in [-0.05, 0) is 49.3 Å². The van der Waals surface area contributed by atoms with Gasteiger partial charge in [0.05, 0.1) is 27.4 Å². The minimum absolute atomic E-state index is 0.137. The highest BCUT2D eigenvalue weighted by Crippen LogP contribution is 2.34. The smallest absolute Gasteiger partial charge is 0.257 e. The second kappa shape index (κ2) is 7.98. The zero-order valence-corrected chi connectivity index (χ0v) is 17.8. The first kappa shape index (κ1) is 19.8. The molecule has 5 nitrogen and oxygen atoms in total. The minimum Gasteiger partial charge on any atom is -0.494 e. The number of fused-ring (bicyclic) bond motifs is 1. The van der Waals surface area contributed by atoms with Crippen molar-refractivity contribution < 1.29 is 9.53 Å². The Labute approximate surface area is 175 Å². The summed E-state index contributed by atoms with van der Waals surface area (Å²) in [5.41, 5.74) is 3.41. The van der Waals surface area contributed by atoms with E-state index in [4.69, 9.17) is 40.2 Å². The summed E-state index contributed by atoms with van der Waals surface area (Å²) in [4.78, 5) is 17.0. The van der Waals surface area contributed by atoms with E-state index in [9.17, 15) is 4.79 Å². The molecule has 0 aliphatic carbocycles. The van der Waals surface area contributed by atoms with Crippen LogP contribution < -0.4 is 15.4 Å². The van der Waals surface area contributed by atoms with Crippen molar-refractivity contribution in [2.75, 3.05) is 12.4 Å². The second-order valence-electron chi connectivity index (χ2n) is 5.78. The number of hydrogen-bond donors (Lipinski definition) is 2. The lowest BCUT2D eigenvalue weighted by molar-refractivity contribution is 0.0977. The molecule has 9 heteroatoms. The van der Waals surface area contributed by atoms with Gasteiger partial charge in [0, 0.05) is 5.56 Å². The Balaban J connectivity index is 1.75. The zero-order valence-electron chi connectivity index (χ0n) is 14.6. The van der Waals surface area contributed by atoms with Gasteiger partial charge >= 0.3 is 0 Å². The number of nitrogens with zero attached hydrogens (tertiary/aromatic N) is 1. The Morgan fingerprint density at radius 3 is 2.41 bits per heavy atom. The highest BCUT2D eigenvalue weighted by molar-refractivity contribution is 7.80. The maximum Gasteiger partial charge on any atom is 0.257 e. The molecule has 1 heterocycles. The number of ether oxygens (including phenoxy) is 1. The Kier molecular flexibility index (Phi) is 5.86. The largest absolute Gasteiger partial charge is 0.494 e. The van der Waals surface area contributed by atoms with Gasteiger partial charge in [-0.2, -0.15) is 0 Å². The van der Waals surface area contributed by atoms with Crippen LogP contribution in [0.4, 0.5) is 5.13 Å². The number of thiocarbonyl (C=S) groups is 1. The first-order valence-electron chi connectivity index (χ1n) is 7.82. The van der Waals surface area contributed by atoms with Crippen molar-refractivity contribution in [1.82, 2.24) is 10.3 Å². The maximum atomic E-state index is 12.4. The molecule has 0 spiro atoms. The molecule has 3 rings (SSSR count). The highest BCUT2D eigenvalue weighted by Gasteiger charge is 2.15. The van der Waals surface area contributed by atoms with E-state index < -0.39 is 5.91 Å². The minimum atomic E-state index is -0.438. The molecule has 0 saturated heterocycles. The van der Waals surface area contributed by atoms with Gasteiger partial charge in [0.15, 0.2) is 16.0 Å². The van der Waals surface area contributed by atoms with Gasteiger partial charge in [0.2, 0.25) is 0 Å². The Morgan fingerprint density at radius 1 is 1.19 bits per heavy atom. The van der Waals surface area contributed by atoms with E-state index >= 15 is 0 Å². The fourth-order valence-electron chi connectivity index (χ4n) is 2.50. The van der Waals surface area contributed by atoms with Crippen molar-refractivity contribution in [3.8, 4) is 5.75 Å². The van der Waals surface area contributed by atoms with E-state index in [1.807, 2.05) is 19.9 Å². The van der Waals surface area contributed by atoms with E-state index in [-0.39, 0.29) is 20.7 Å². The van der Waals surface area contributed by atoms with Crippen LogP contribution in [0.2, 0.25) is 10.0 Å². The van der Waals surface area contributed by atoms with Crippen molar-refractivity contribution in [2.24, 2.45) is 0 Å². The molecule has 2 aromatic carbocycles. The molecule has 0 radical (unpaired) electrons. The number of rotatable bonds is 3. The van der Waals surface area contributed by atoms with Crippen molar-refractivity contribution in [1.29, 1.82) is 0 Å². The average Bonchev–Trinajstić information content (AvgIpc) is 3.02. The van der Waals surface area contributed by atoms with Crippen molar-refractivity contribution >= 4 is 73.1 Å². The number of methoxy groups -OCH3 is 1. The van der Waals surface area contributed by atoms with Gasteiger partial charge in [-0.1, -0.05) is 46.7 Å². The predicted octanol–water partition coefficient (Wildman–Crippen LogP) is 5.36. The quantitative estimate of drug-likeness (QED) is 0.538. The van der Waals surface area contributed by atoms with E-state index in [2.05, 4.69) is 21.7 Å². The number of anilines is 1. The van der Waals surface area contributed by atoms with Gasteiger partial charge in [-0.15, -0.1) is 0 Å². The predicted molar refractivity (Wildman–Crippen MR) is 116 cm³/mol. The molecule has 0 aliphatic heterocycles. The SMILES string of the molecule is COc1c(Cl)cc(C(=O)NC(=S)Nc2nc3c(C)ccc(C)c3s2)cc1Cl. The molecule has 2 N–H and O–H groups in total. The molecule has 27 heavy (non-hydrogen) atoms. The third-order valence-corrected chi connectivity index (χ3v) is 5.73. The van der Waals surface area contributed by atoms with Gasteiger partial charge in [0.1, 0.15) is 0 Å². The summed E-state index contributed by atoms with van der Waals surface area (Å²) in [7, 11) is 1.45. The summed E-state index contributed by atoms with van der Waals surface area (Å²) in [5, 5.41) is 6.78. The molecule has 140 valence electrons. The van der Waals surface area contributed by atoms with E-state index in [0.29, 0.717) is 10.9 Å². The molecule has 0 saturated carbocycles. The lowest BCUT2D eigenvalue weighted by Crippen LogP contribution is -2.34. The number of nitrogens with one attached hydrogen (secondary N) is 2. The Bertz CT molecular complexity index is 1000. The van der Waals surface area contributed by atoms with Gasteiger partial charge in [0.25, 0.3) is 5.91 Å². The first-order chi connectivity index (χ1) is 12.8. The van der Waals surface area contributed by atoms with E-state index in [1.165, 1.54) is 30.6 Å². The van der Waals surface area contributed by atoms with Crippen LogP contribution in [0, 0.1) is 13.8 Å². The standard InChI is InChI=1S/C18H15Cl2N3O2S2/c1-8-4-5-9(2)15-13(8)21-18(27-15)23-17(26)22-16(24)10-6-11(19)14(25-3)12(20)7-10/h4-7H,1-3H3,(H2,21,22,23,24,26). The van der Waals surface area contributed by atoms with Crippen LogP contribution in [0.25, 0.3) is 10.2 Å². The molecule has 0 unspecified atom stereocenters. The third kappa shape index (κ3) is 4.16. The monoisotopic (exact) mass is 439 g/mol. The number of aromatic nitrogens is 1. The summed E-state index contributed by atoms with van der Waals surface area (Å²) < 4.78 is 6.16. The van der Waals surface area contributed by atoms with Crippen molar-refractivity contribution in [3.05, 3.63) is 51.0 Å². The number of halogens is 2. The normalized spacial score (nSPS) is 10.7. The molecule has 0 fully saturated rings. The van der Waals surface area contributed by atoms with Gasteiger partial charge in [-0.3, -0.25) is 10.1 Å². The molecule has 0 atom stereocenters. The molecular formula is C18H15Cl2N3O2S2. The zero-order chi connectivity index (χ0) is 19.7. The Hall–Kier alpha value is -1.93. The van der Waals surface area contributed by atoms with Crippen molar-refractivity contribution in [3.63, 3.8) is 0 Å². The average molecular weight is 440 g/mol. The molecule has 3 aromatic rings. The molecule has 0 aliphatic rings. The number of carbonyl (C=O) groups is 1. The summed E-state index contributed by atoms with van der Waals surface area (Å²) in [6, 6.07) is 7.01. The van der Waals surface area contributed by atoms with Gasteiger partial charge in [-0.25, -0.2) is 4.98 Å². The van der Waals surface area contributed by atoms with E-state index in [0.717, 1.165) is 21.3 Å². The lowest BCUT2D eigenvalue weighted by Gasteiger charge is -2.10. The molecule has 1 amide bonds. The molecule has 1 aromatic heterocycles. The highest BCUT2D eigenvalue weighted by atomic mass is 35.5. The third-order valence-electron chi connectivity index (χ3n) is 3.85. The van der Waals surface area contributed by atoms with Crippen LogP contribution in [0.5, 0.6) is 5.75 Å². The topological polar surface area (TPSA) is 63.2 Å². The number of hydrogen-bond acceptors (Lipinski definition) is 5. The molecular weight excluding hydrogens is 425 g/mol.